The first-order chi connectivity index (χ1) is 14.1. The summed E-state index contributed by atoms with van der Waals surface area (Å²) >= 11 is 0. The minimum Gasteiger partial charge on any atom is -0.348 e. The Labute approximate surface area is 167 Å². The lowest BCUT2D eigenvalue weighted by Gasteiger charge is -2.15. The molecule has 2 aromatic carbocycles. The van der Waals surface area contributed by atoms with E-state index in [2.05, 4.69) is 21.4 Å². The van der Waals surface area contributed by atoms with E-state index in [0.29, 0.717) is 36.3 Å². The molecule has 7 heteroatoms. The van der Waals surface area contributed by atoms with Crippen LogP contribution in [0, 0.1) is 11.3 Å². The largest absolute Gasteiger partial charge is 0.348 e. The second-order valence-electron chi connectivity index (χ2n) is 6.77. The van der Waals surface area contributed by atoms with E-state index in [1.54, 1.807) is 47.6 Å². The van der Waals surface area contributed by atoms with E-state index in [1.807, 2.05) is 12.1 Å². The monoisotopic (exact) mass is 383 g/mol. The lowest BCUT2D eigenvalue weighted by atomic mass is 10.1. The van der Waals surface area contributed by atoms with Gasteiger partial charge in [-0.25, -0.2) is 9.97 Å². The van der Waals surface area contributed by atoms with Gasteiger partial charge in [0.1, 0.15) is 6.33 Å². The molecule has 4 rings (SSSR count). The van der Waals surface area contributed by atoms with Crippen LogP contribution < -0.4 is 5.32 Å². The number of carbonyl (C=O) groups is 2. The molecule has 1 aliphatic rings. The van der Waals surface area contributed by atoms with Gasteiger partial charge in [-0.2, -0.15) is 5.26 Å². The van der Waals surface area contributed by atoms with Crippen molar-refractivity contribution in [3.05, 3.63) is 94.6 Å². The second-order valence-corrected chi connectivity index (χ2v) is 6.77. The number of hydrogen-bond donors (Lipinski definition) is 1. The van der Waals surface area contributed by atoms with Crippen LogP contribution in [0.4, 0.5) is 0 Å². The van der Waals surface area contributed by atoms with Crippen molar-refractivity contribution in [2.24, 2.45) is 0 Å². The van der Waals surface area contributed by atoms with Gasteiger partial charge in [-0.05, 0) is 41.5 Å². The van der Waals surface area contributed by atoms with E-state index in [9.17, 15) is 9.59 Å². The first-order valence-electron chi connectivity index (χ1n) is 9.07. The third-order valence-electron chi connectivity index (χ3n) is 4.77. The maximum absolute atomic E-state index is 12.7. The number of rotatable bonds is 5. The van der Waals surface area contributed by atoms with Crippen molar-refractivity contribution in [2.45, 2.75) is 19.6 Å². The molecule has 1 N–H and O–H groups in total. The van der Waals surface area contributed by atoms with E-state index >= 15 is 0 Å². The van der Waals surface area contributed by atoms with E-state index in [4.69, 9.17) is 5.26 Å². The van der Waals surface area contributed by atoms with Crippen molar-refractivity contribution in [3.8, 4) is 6.07 Å². The summed E-state index contributed by atoms with van der Waals surface area (Å²) < 4.78 is 0. The SMILES string of the molecule is N#Cc1ccc(CN2Cc3cc(C(=O)NCc4cncnc4)ccc3C2=O)cc1. The van der Waals surface area contributed by atoms with Gasteiger partial charge in [0.05, 0.1) is 11.6 Å². The van der Waals surface area contributed by atoms with Gasteiger partial charge in [-0.3, -0.25) is 9.59 Å². The molecule has 2 amide bonds. The van der Waals surface area contributed by atoms with Crippen LogP contribution in [0.25, 0.3) is 0 Å². The molecule has 0 spiro atoms. The van der Waals surface area contributed by atoms with Crippen molar-refractivity contribution in [2.75, 3.05) is 0 Å². The van der Waals surface area contributed by atoms with Gasteiger partial charge in [-0.1, -0.05) is 12.1 Å². The third-order valence-corrected chi connectivity index (χ3v) is 4.77. The second kappa shape index (κ2) is 7.90. The average molecular weight is 383 g/mol. The first kappa shape index (κ1) is 18.3. The number of carbonyl (C=O) groups excluding carboxylic acids is 2. The molecule has 3 aromatic rings. The van der Waals surface area contributed by atoms with Crippen LogP contribution in [-0.4, -0.2) is 26.7 Å². The predicted octanol–water partition coefficient (Wildman–Crippen LogP) is 2.43. The van der Waals surface area contributed by atoms with Gasteiger partial charge in [-0.15, -0.1) is 0 Å². The number of hydrogen-bond acceptors (Lipinski definition) is 5. The molecule has 29 heavy (non-hydrogen) atoms. The Balaban J connectivity index is 1.43. The zero-order valence-corrected chi connectivity index (χ0v) is 15.5. The highest BCUT2D eigenvalue weighted by molar-refractivity contribution is 6.01. The van der Waals surface area contributed by atoms with Crippen molar-refractivity contribution in [1.82, 2.24) is 20.2 Å². The predicted molar refractivity (Wildman–Crippen MR) is 104 cm³/mol. The maximum atomic E-state index is 12.7. The highest BCUT2D eigenvalue weighted by atomic mass is 16.2. The number of nitrogens with zero attached hydrogens (tertiary/aromatic N) is 4. The molecule has 0 atom stereocenters. The number of nitriles is 1. The summed E-state index contributed by atoms with van der Waals surface area (Å²) in [7, 11) is 0. The number of nitrogens with one attached hydrogen (secondary N) is 1. The van der Waals surface area contributed by atoms with E-state index in [-0.39, 0.29) is 11.8 Å². The molecule has 0 unspecified atom stereocenters. The molecular weight excluding hydrogens is 366 g/mol. The number of benzene rings is 2. The van der Waals surface area contributed by atoms with Crippen molar-refractivity contribution >= 4 is 11.8 Å². The molecule has 1 aromatic heterocycles. The fraction of sp³-hybridized carbons (Fsp3) is 0.136. The quantitative estimate of drug-likeness (QED) is 0.730. The van der Waals surface area contributed by atoms with E-state index in [0.717, 1.165) is 16.7 Å². The fourth-order valence-corrected chi connectivity index (χ4v) is 3.26. The van der Waals surface area contributed by atoms with Gasteiger partial charge in [0.2, 0.25) is 0 Å². The van der Waals surface area contributed by atoms with Crippen LogP contribution >= 0.6 is 0 Å². The summed E-state index contributed by atoms with van der Waals surface area (Å²) in [6, 6.07) is 14.4. The van der Waals surface area contributed by atoms with Crippen LogP contribution in [0.2, 0.25) is 0 Å². The summed E-state index contributed by atoms with van der Waals surface area (Å²) in [5.74, 6) is -0.271. The van der Waals surface area contributed by atoms with Crippen LogP contribution in [-0.2, 0) is 19.6 Å². The molecule has 142 valence electrons. The molecule has 2 heterocycles. The Morgan fingerprint density at radius 2 is 1.86 bits per heavy atom. The minimum absolute atomic E-state index is 0.0576. The summed E-state index contributed by atoms with van der Waals surface area (Å²) in [5, 5.41) is 11.7. The van der Waals surface area contributed by atoms with Crippen LogP contribution in [0.1, 0.15) is 43.0 Å². The molecule has 0 aliphatic carbocycles. The lowest BCUT2D eigenvalue weighted by Crippen LogP contribution is -2.23. The van der Waals surface area contributed by atoms with Gasteiger partial charge in [0, 0.05) is 48.7 Å². The first-order valence-corrected chi connectivity index (χ1v) is 9.07. The fourth-order valence-electron chi connectivity index (χ4n) is 3.26. The highest BCUT2D eigenvalue weighted by Gasteiger charge is 2.28. The molecule has 0 saturated heterocycles. The van der Waals surface area contributed by atoms with Crippen LogP contribution in [0.3, 0.4) is 0 Å². The summed E-state index contributed by atoms with van der Waals surface area (Å²) in [6.07, 6.45) is 4.73. The van der Waals surface area contributed by atoms with Gasteiger partial charge < -0.3 is 10.2 Å². The Hall–Kier alpha value is -4.05. The van der Waals surface area contributed by atoms with Crippen LogP contribution in [0.15, 0.2) is 61.2 Å². The Kier molecular flexibility index (Phi) is 4.99. The van der Waals surface area contributed by atoms with Crippen molar-refractivity contribution in [3.63, 3.8) is 0 Å². The Bertz CT molecular complexity index is 1100. The van der Waals surface area contributed by atoms with Gasteiger partial charge in [0.25, 0.3) is 11.8 Å². The Morgan fingerprint density at radius 3 is 2.59 bits per heavy atom. The summed E-state index contributed by atoms with van der Waals surface area (Å²) in [5.41, 5.74) is 4.31. The van der Waals surface area contributed by atoms with E-state index < -0.39 is 0 Å². The topological polar surface area (TPSA) is 99.0 Å². The number of aromatic nitrogens is 2. The molecule has 1 aliphatic heterocycles. The van der Waals surface area contributed by atoms with Crippen molar-refractivity contribution in [1.29, 1.82) is 5.26 Å². The standard InChI is InChI=1S/C22H17N5O2/c23-8-15-1-3-16(4-2-15)12-27-13-19-7-18(5-6-20(19)22(27)29)21(28)26-11-17-9-24-14-25-10-17/h1-7,9-10,14H,11-13H2,(H,26,28). The van der Waals surface area contributed by atoms with Gasteiger partial charge in [0.15, 0.2) is 0 Å². The lowest BCUT2D eigenvalue weighted by molar-refractivity contribution is 0.0766. The molecular formula is C22H17N5O2. The molecule has 0 radical (unpaired) electrons. The smallest absolute Gasteiger partial charge is 0.254 e. The third kappa shape index (κ3) is 3.96. The molecule has 7 nitrogen and oxygen atoms in total. The van der Waals surface area contributed by atoms with Crippen LogP contribution in [0.5, 0.6) is 0 Å². The Morgan fingerprint density at radius 1 is 1.10 bits per heavy atom. The van der Waals surface area contributed by atoms with E-state index in [1.165, 1.54) is 6.33 Å². The highest BCUT2D eigenvalue weighted by Crippen LogP contribution is 2.25. The summed E-state index contributed by atoms with van der Waals surface area (Å²) in [4.78, 5) is 34.7. The normalized spacial score (nSPS) is 12.4. The minimum atomic E-state index is -0.213. The molecule has 0 saturated carbocycles. The molecule has 0 fully saturated rings. The molecule has 0 bridgehead atoms. The number of amides is 2. The zero-order chi connectivity index (χ0) is 20.2. The zero-order valence-electron chi connectivity index (χ0n) is 15.5. The average Bonchev–Trinajstić information content (AvgIpc) is 3.08. The maximum Gasteiger partial charge on any atom is 0.254 e. The van der Waals surface area contributed by atoms with Gasteiger partial charge >= 0.3 is 0 Å². The summed E-state index contributed by atoms with van der Waals surface area (Å²) in [6.45, 7) is 1.23. The number of fused-ring (bicyclic) bond motifs is 1. The van der Waals surface area contributed by atoms with Crippen molar-refractivity contribution < 1.29 is 9.59 Å².